The van der Waals surface area contributed by atoms with Crippen LogP contribution in [0.5, 0.6) is 11.5 Å². The Balaban J connectivity index is 0.00000144. The molecular formula is C13H14BrNO2. The molecule has 0 spiro atoms. The van der Waals surface area contributed by atoms with E-state index >= 15 is 0 Å². The second-order valence-electron chi connectivity index (χ2n) is 3.40. The Kier molecular flexibility index (Phi) is 5.15. The zero-order valence-electron chi connectivity index (χ0n) is 9.19. The van der Waals surface area contributed by atoms with Gasteiger partial charge in [-0.1, -0.05) is 28.1 Å². The number of benzene rings is 2. The van der Waals surface area contributed by atoms with Crippen LogP contribution in [0, 0.1) is 0 Å². The van der Waals surface area contributed by atoms with Crippen LogP contribution in [0.3, 0.4) is 0 Å². The molecule has 0 saturated heterocycles. The Labute approximate surface area is 109 Å². The summed E-state index contributed by atoms with van der Waals surface area (Å²) in [6, 6.07) is 15.5. The molecule has 0 amide bonds. The van der Waals surface area contributed by atoms with Gasteiger partial charge >= 0.3 is 0 Å². The summed E-state index contributed by atoms with van der Waals surface area (Å²) in [5.74, 6) is 1.64. The lowest BCUT2D eigenvalue weighted by Gasteiger charge is -2.06. The molecule has 3 nitrogen and oxygen atoms in total. The lowest BCUT2D eigenvalue weighted by Crippen LogP contribution is -1.95. The first-order valence-electron chi connectivity index (χ1n) is 5.00. The molecule has 4 N–H and O–H groups in total. The molecular weight excluding hydrogens is 282 g/mol. The van der Waals surface area contributed by atoms with E-state index in [4.69, 9.17) is 10.5 Å². The first kappa shape index (κ1) is 13.7. The van der Waals surface area contributed by atoms with Gasteiger partial charge in [0.05, 0.1) is 0 Å². The molecule has 0 aliphatic carbocycles. The Morgan fingerprint density at radius 2 is 1.35 bits per heavy atom. The first-order valence-corrected chi connectivity index (χ1v) is 5.79. The van der Waals surface area contributed by atoms with Crippen molar-refractivity contribution in [3.63, 3.8) is 0 Å². The van der Waals surface area contributed by atoms with Crippen LogP contribution >= 0.6 is 15.9 Å². The molecule has 0 saturated carbocycles. The third kappa shape index (κ3) is 3.85. The first-order chi connectivity index (χ1) is 7.78. The minimum Gasteiger partial charge on any atom is -0.457 e. The van der Waals surface area contributed by atoms with Crippen molar-refractivity contribution in [2.24, 2.45) is 5.73 Å². The molecule has 0 aliphatic rings. The molecule has 2 rings (SSSR count). The fourth-order valence-electron chi connectivity index (χ4n) is 1.33. The maximum absolute atomic E-state index is 5.67. The maximum Gasteiger partial charge on any atom is 0.127 e. The van der Waals surface area contributed by atoms with Gasteiger partial charge in [-0.3, -0.25) is 0 Å². The van der Waals surface area contributed by atoms with E-state index < -0.39 is 0 Å². The Morgan fingerprint density at radius 1 is 0.882 bits per heavy atom. The number of halogens is 1. The molecule has 4 heteroatoms. The summed E-state index contributed by atoms with van der Waals surface area (Å²) in [6.45, 7) is 0.554. The van der Waals surface area contributed by atoms with E-state index in [0.717, 1.165) is 21.5 Å². The van der Waals surface area contributed by atoms with Gasteiger partial charge in [-0.05, 0) is 42.0 Å². The van der Waals surface area contributed by atoms with E-state index in [9.17, 15) is 0 Å². The Morgan fingerprint density at radius 3 is 1.82 bits per heavy atom. The van der Waals surface area contributed by atoms with Gasteiger partial charge in [0.2, 0.25) is 0 Å². The number of hydrogen-bond donors (Lipinski definition) is 1. The van der Waals surface area contributed by atoms with Crippen molar-refractivity contribution in [3.8, 4) is 11.5 Å². The third-order valence-corrected chi connectivity index (χ3v) is 2.74. The lowest BCUT2D eigenvalue weighted by molar-refractivity contribution is 0.482. The molecule has 0 heterocycles. The lowest BCUT2D eigenvalue weighted by atomic mass is 10.2. The zero-order valence-corrected chi connectivity index (χ0v) is 10.8. The van der Waals surface area contributed by atoms with E-state index in [2.05, 4.69) is 15.9 Å². The van der Waals surface area contributed by atoms with Crippen molar-refractivity contribution in [2.75, 3.05) is 0 Å². The van der Waals surface area contributed by atoms with E-state index in [1.165, 1.54) is 0 Å². The van der Waals surface area contributed by atoms with Crippen LogP contribution in [-0.4, -0.2) is 5.48 Å². The Bertz CT molecular complexity index is 454. The maximum atomic E-state index is 5.67. The molecule has 2 aromatic carbocycles. The zero-order chi connectivity index (χ0) is 11.4. The van der Waals surface area contributed by atoms with Crippen molar-refractivity contribution in [1.82, 2.24) is 0 Å². The summed E-state index contributed by atoms with van der Waals surface area (Å²) >= 11 is 3.38. The second-order valence-corrected chi connectivity index (χ2v) is 4.32. The largest absolute Gasteiger partial charge is 0.457 e. The SMILES string of the molecule is NCc1ccc(Oc2ccc(Br)cc2)cc1.O. The van der Waals surface area contributed by atoms with Crippen LogP contribution < -0.4 is 10.5 Å². The standard InChI is InChI=1S/C13H12BrNO.H2O/c14-11-3-7-13(8-4-11)16-12-5-1-10(9-15)2-6-12;/h1-8H,9,15H2;1H2. The molecule has 0 aromatic heterocycles. The van der Waals surface area contributed by atoms with Gasteiger partial charge in [-0.15, -0.1) is 0 Å². The molecule has 0 bridgehead atoms. The number of hydrogen-bond acceptors (Lipinski definition) is 2. The number of nitrogens with two attached hydrogens (primary N) is 1. The Hall–Kier alpha value is -1.36. The highest BCUT2D eigenvalue weighted by molar-refractivity contribution is 9.10. The highest BCUT2D eigenvalue weighted by Gasteiger charge is 1.97. The fraction of sp³-hybridized carbons (Fsp3) is 0.0769. The van der Waals surface area contributed by atoms with Crippen LogP contribution in [0.1, 0.15) is 5.56 Å². The summed E-state index contributed by atoms with van der Waals surface area (Å²) < 4.78 is 6.71. The predicted molar refractivity (Wildman–Crippen MR) is 72.2 cm³/mol. The quantitative estimate of drug-likeness (QED) is 0.946. The summed E-state index contributed by atoms with van der Waals surface area (Å²) in [4.78, 5) is 0. The van der Waals surface area contributed by atoms with Gasteiger partial charge in [0.15, 0.2) is 0 Å². The van der Waals surface area contributed by atoms with Crippen LogP contribution in [0.2, 0.25) is 0 Å². The summed E-state index contributed by atoms with van der Waals surface area (Å²) in [5.41, 5.74) is 6.62. The normalized spacial score (nSPS) is 9.53. The molecule has 17 heavy (non-hydrogen) atoms. The van der Waals surface area contributed by atoms with E-state index in [1.54, 1.807) is 0 Å². The average Bonchev–Trinajstić information content (AvgIpc) is 2.33. The van der Waals surface area contributed by atoms with E-state index in [1.807, 2.05) is 48.5 Å². The van der Waals surface area contributed by atoms with E-state index in [-0.39, 0.29) is 5.48 Å². The predicted octanol–water partition coefficient (Wildman–Crippen LogP) is 2.88. The van der Waals surface area contributed by atoms with Gasteiger partial charge in [0.1, 0.15) is 11.5 Å². The third-order valence-electron chi connectivity index (χ3n) is 2.21. The second kappa shape index (κ2) is 6.39. The van der Waals surface area contributed by atoms with Gasteiger partial charge in [0, 0.05) is 11.0 Å². The molecule has 0 unspecified atom stereocenters. The number of ether oxygens (including phenoxy) is 1. The van der Waals surface area contributed by atoms with Crippen molar-refractivity contribution in [3.05, 3.63) is 58.6 Å². The molecule has 90 valence electrons. The van der Waals surface area contributed by atoms with Gasteiger partial charge < -0.3 is 15.9 Å². The fourth-order valence-corrected chi connectivity index (χ4v) is 1.60. The number of rotatable bonds is 3. The van der Waals surface area contributed by atoms with Crippen LogP contribution in [0.15, 0.2) is 53.0 Å². The van der Waals surface area contributed by atoms with Crippen molar-refractivity contribution < 1.29 is 10.2 Å². The van der Waals surface area contributed by atoms with Crippen LogP contribution in [0.4, 0.5) is 0 Å². The minimum absolute atomic E-state index is 0. The monoisotopic (exact) mass is 295 g/mol. The molecule has 0 radical (unpaired) electrons. The highest BCUT2D eigenvalue weighted by atomic mass is 79.9. The van der Waals surface area contributed by atoms with Gasteiger partial charge in [-0.2, -0.15) is 0 Å². The average molecular weight is 296 g/mol. The van der Waals surface area contributed by atoms with Crippen LogP contribution in [0.25, 0.3) is 0 Å². The minimum atomic E-state index is 0. The van der Waals surface area contributed by atoms with E-state index in [0.29, 0.717) is 6.54 Å². The molecule has 2 aromatic rings. The molecule has 0 fully saturated rings. The smallest absolute Gasteiger partial charge is 0.127 e. The van der Waals surface area contributed by atoms with Gasteiger partial charge in [0.25, 0.3) is 0 Å². The summed E-state index contributed by atoms with van der Waals surface area (Å²) in [5, 5.41) is 0. The summed E-state index contributed by atoms with van der Waals surface area (Å²) in [7, 11) is 0. The van der Waals surface area contributed by atoms with Crippen molar-refractivity contribution >= 4 is 15.9 Å². The molecule has 0 aliphatic heterocycles. The highest BCUT2D eigenvalue weighted by Crippen LogP contribution is 2.23. The topological polar surface area (TPSA) is 66.8 Å². The van der Waals surface area contributed by atoms with Gasteiger partial charge in [-0.25, -0.2) is 0 Å². The van der Waals surface area contributed by atoms with Crippen molar-refractivity contribution in [1.29, 1.82) is 0 Å². The summed E-state index contributed by atoms with van der Waals surface area (Å²) in [6.07, 6.45) is 0. The van der Waals surface area contributed by atoms with Crippen LogP contribution in [-0.2, 0) is 6.54 Å². The molecule has 0 atom stereocenters. The van der Waals surface area contributed by atoms with Crippen molar-refractivity contribution in [2.45, 2.75) is 6.54 Å².